The van der Waals surface area contributed by atoms with Gasteiger partial charge in [-0.15, -0.1) is 0 Å². The molecule has 104 valence electrons. The molecule has 0 aromatic carbocycles. The highest BCUT2D eigenvalue weighted by Gasteiger charge is 2.40. The molecular weight excluding hydrogens is 243 g/mol. The number of rotatable bonds is 5. The highest BCUT2D eigenvalue weighted by atomic mass is 19.4. The van der Waals surface area contributed by atoms with Crippen molar-refractivity contribution in [1.29, 1.82) is 5.26 Å². The smallest absolute Gasteiger partial charge is 0.303 e. The Balaban J connectivity index is 2.46. The van der Waals surface area contributed by atoms with Crippen molar-refractivity contribution in [3.63, 3.8) is 0 Å². The topological polar surface area (TPSA) is 30.3 Å². The number of hydrogen-bond donors (Lipinski definition) is 0. The molecule has 1 heterocycles. The predicted molar refractivity (Wildman–Crippen MR) is 62.9 cm³/mol. The molecule has 0 amide bonds. The lowest BCUT2D eigenvalue weighted by Gasteiger charge is -2.29. The summed E-state index contributed by atoms with van der Waals surface area (Å²) in [5.41, 5.74) is 0. The van der Waals surface area contributed by atoms with Crippen molar-refractivity contribution in [2.75, 3.05) is 33.2 Å². The van der Waals surface area contributed by atoms with Gasteiger partial charge in [-0.1, -0.05) is 6.92 Å². The van der Waals surface area contributed by atoms with E-state index in [1.54, 1.807) is 11.9 Å². The van der Waals surface area contributed by atoms with E-state index in [1.807, 2.05) is 0 Å². The Bertz CT molecular complexity index is 298. The molecule has 0 aromatic rings. The lowest BCUT2D eigenvalue weighted by atomic mass is 10.1. The maximum absolute atomic E-state index is 12.5. The van der Waals surface area contributed by atoms with Gasteiger partial charge in [0.25, 0.3) is 0 Å². The van der Waals surface area contributed by atoms with Gasteiger partial charge in [0.2, 0.25) is 0 Å². The van der Waals surface area contributed by atoms with E-state index >= 15 is 0 Å². The molecule has 1 rings (SSSR count). The van der Waals surface area contributed by atoms with E-state index in [-0.39, 0.29) is 6.54 Å². The summed E-state index contributed by atoms with van der Waals surface area (Å²) in [6.07, 6.45) is -2.29. The van der Waals surface area contributed by atoms with Gasteiger partial charge in [0.1, 0.15) is 0 Å². The summed E-state index contributed by atoms with van der Waals surface area (Å²) in [7, 11) is 1.66. The van der Waals surface area contributed by atoms with Gasteiger partial charge in [-0.3, -0.25) is 4.90 Å². The van der Waals surface area contributed by atoms with Crippen molar-refractivity contribution in [1.82, 2.24) is 9.80 Å². The van der Waals surface area contributed by atoms with Crippen LogP contribution in [0.5, 0.6) is 0 Å². The summed E-state index contributed by atoms with van der Waals surface area (Å²) in [6.45, 7) is 4.37. The molecule has 1 aliphatic heterocycles. The highest BCUT2D eigenvalue weighted by molar-refractivity contribution is 4.91. The van der Waals surface area contributed by atoms with E-state index in [0.29, 0.717) is 12.6 Å². The van der Waals surface area contributed by atoms with Crippen LogP contribution in [0.2, 0.25) is 0 Å². The third-order valence-electron chi connectivity index (χ3n) is 3.47. The Morgan fingerprint density at radius 1 is 1.50 bits per heavy atom. The van der Waals surface area contributed by atoms with Crippen LogP contribution in [0, 0.1) is 17.2 Å². The third kappa shape index (κ3) is 4.14. The first-order valence-electron chi connectivity index (χ1n) is 6.27. The lowest BCUT2D eigenvalue weighted by Crippen LogP contribution is -2.42. The van der Waals surface area contributed by atoms with Gasteiger partial charge < -0.3 is 4.90 Å². The van der Waals surface area contributed by atoms with E-state index in [4.69, 9.17) is 5.26 Å². The average Bonchev–Trinajstić information content (AvgIpc) is 2.71. The fourth-order valence-electron chi connectivity index (χ4n) is 2.48. The molecule has 2 unspecified atom stereocenters. The maximum Gasteiger partial charge on any atom is 0.405 e. The largest absolute Gasteiger partial charge is 0.405 e. The SMILES string of the molecule is CCN1CCCC1CN(C)CC(C#N)C(F)(F)F. The van der Waals surface area contributed by atoms with Crippen molar-refractivity contribution in [2.45, 2.75) is 32.0 Å². The minimum atomic E-state index is -4.43. The van der Waals surface area contributed by atoms with E-state index in [2.05, 4.69) is 11.8 Å². The highest BCUT2D eigenvalue weighted by Crippen LogP contribution is 2.26. The fourth-order valence-corrected chi connectivity index (χ4v) is 2.48. The van der Waals surface area contributed by atoms with Crippen molar-refractivity contribution < 1.29 is 13.2 Å². The van der Waals surface area contributed by atoms with Crippen molar-refractivity contribution >= 4 is 0 Å². The summed E-state index contributed by atoms with van der Waals surface area (Å²) in [6, 6.07) is 1.67. The molecule has 0 N–H and O–H groups in total. The Kier molecular flexibility index (Phi) is 5.42. The van der Waals surface area contributed by atoms with Crippen LogP contribution in [-0.2, 0) is 0 Å². The van der Waals surface area contributed by atoms with Crippen LogP contribution in [0.4, 0.5) is 13.2 Å². The molecule has 1 fully saturated rings. The molecular formula is C12H20F3N3. The molecule has 6 heteroatoms. The maximum atomic E-state index is 12.5. The van der Waals surface area contributed by atoms with Crippen LogP contribution >= 0.6 is 0 Å². The quantitative estimate of drug-likeness (QED) is 0.761. The number of hydrogen-bond acceptors (Lipinski definition) is 3. The van der Waals surface area contributed by atoms with Gasteiger partial charge in [0, 0.05) is 19.1 Å². The van der Waals surface area contributed by atoms with Gasteiger partial charge in [-0.25, -0.2) is 0 Å². The number of likely N-dealkylation sites (N-methyl/N-ethyl adjacent to an activating group) is 2. The number of nitriles is 1. The lowest BCUT2D eigenvalue weighted by molar-refractivity contribution is -0.162. The normalized spacial score (nSPS) is 23.3. The zero-order valence-electron chi connectivity index (χ0n) is 10.9. The van der Waals surface area contributed by atoms with Crippen LogP contribution in [0.3, 0.4) is 0 Å². The number of alkyl halides is 3. The second kappa shape index (κ2) is 6.39. The molecule has 1 aliphatic rings. The third-order valence-corrected chi connectivity index (χ3v) is 3.47. The van der Waals surface area contributed by atoms with Crippen LogP contribution < -0.4 is 0 Å². The molecule has 0 saturated carbocycles. The van der Waals surface area contributed by atoms with Crippen LogP contribution in [0.25, 0.3) is 0 Å². The van der Waals surface area contributed by atoms with Crippen molar-refractivity contribution in [2.24, 2.45) is 5.92 Å². The van der Waals surface area contributed by atoms with Gasteiger partial charge in [0.05, 0.1) is 6.07 Å². The van der Waals surface area contributed by atoms with Crippen molar-refractivity contribution in [3.8, 4) is 6.07 Å². The van der Waals surface area contributed by atoms with Crippen LogP contribution in [0.15, 0.2) is 0 Å². The summed E-state index contributed by atoms with van der Waals surface area (Å²) in [4.78, 5) is 3.91. The van der Waals surface area contributed by atoms with Crippen LogP contribution in [0.1, 0.15) is 19.8 Å². The number of halogens is 3. The van der Waals surface area contributed by atoms with E-state index in [0.717, 1.165) is 25.9 Å². The molecule has 1 saturated heterocycles. The molecule has 0 aromatic heterocycles. The van der Waals surface area contributed by atoms with Crippen molar-refractivity contribution in [3.05, 3.63) is 0 Å². The van der Waals surface area contributed by atoms with Gasteiger partial charge >= 0.3 is 6.18 Å². The van der Waals surface area contributed by atoms with E-state index in [1.165, 1.54) is 6.07 Å². The zero-order chi connectivity index (χ0) is 13.8. The summed E-state index contributed by atoms with van der Waals surface area (Å²) in [5, 5.41) is 8.56. The molecule has 0 aliphatic carbocycles. The number of likely N-dealkylation sites (tertiary alicyclic amines) is 1. The Morgan fingerprint density at radius 3 is 2.67 bits per heavy atom. The van der Waals surface area contributed by atoms with Crippen LogP contribution in [-0.4, -0.2) is 55.2 Å². The Morgan fingerprint density at radius 2 is 2.17 bits per heavy atom. The van der Waals surface area contributed by atoms with Gasteiger partial charge in [-0.05, 0) is 33.0 Å². The minimum absolute atomic E-state index is 0.242. The first-order valence-corrected chi connectivity index (χ1v) is 6.27. The zero-order valence-corrected chi connectivity index (χ0v) is 10.9. The second-order valence-electron chi connectivity index (χ2n) is 4.87. The molecule has 3 nitrogen and oxygen atoms in total. The summed E-state index contributed by atoms with van der Waals surface area (Å²) >= 11 is 0. The standard InChI is InChI=1S/C12H20F3N3/c1-3-18-6-4-5-11(18)9-17(2)8-10(7-16)12(13,14)15/h10-11H,3-6,8-9H2,1-2H3. The van der Waals surface area contributed by atoms with Gasteiger partial charge in [0.15, 0.2) is 5.92 Å². The first kappa shape index (κ1) is 15.3. The predicted octanol–water partition coefficient (Wildman–Crippen LogP) is 2.10. The minimum Gasteiger partial charge on any atom is -0.303 e. The van der Waals surface area contributed by atoms with Gasteiger partial charge in [-0.2, -0.15) is 18.4 Å². The van der Waals surface area contributed by atoms with E-state index in [9.17, 15) is 13.2 Å². The molecule has 0 bridgehead atoms. The Labute approximate surface area is 106 Å². The fraction of sp³-hybridized carbons (Fsp3) is 0.917. The monoisotopic (exact) mass is 263 g/mol. The molecule has 2 atom stereocenters. The Hall–Kier alpha value is -0.800. The molecule has 0 radical (unpaired) electrons. The molecule has 0 spiro atoms. The molecule has 18 heavy (non-hydrogen) atoms. The number of nitrogens with zero attached hydrogens (tertiary/aromatic N) is 3. The summed E-state index contributed by atoms with van der Waals surface area (Å²) < 4.78 is 37.4. The first-order chi connectivity index (χ1) is 8.38. The average molecular weight is 263 g/mol. The van der Waals surface area contributed by atoms with E-state index < -0.39 is 12.1 Å². The summed E-state index contributed by atoms with van der Waals surface area (Å²) in [5.74, 6) is -1.89. The second-order valence-corrected chi connectivity index (χ2v) is 4.87.